The zero-order chi connectivity index (χ0) is 17.3. The van der Waals surface area contributed by atoms with E-state index in [1.165, 1.54) is 5.57 Å². The van der Waals surface area contributed by atoms with Crippen molar-refractivity contribution < 1.29 is 15.0 Å². The molecule has 0 unspecified atom stereocenters. The van der Waals surface area contributed by atoms with Gasteiger partial charge < -0.3 is 10.2 Å². The van der Waals surface area contributed by atoms with Crippen molar-refractivity contribution >= 4 is 5.78 Å². The Morgan fingerprint density at radius 1 is 1.12 bits per heavy atom. The van der Waals surface area contributed by atoms with Gasteiger partial charge in [0.25, 0.3) is 0 Å². The number of aliphatic hydroxyl groups excluding tert-OH is 2. The predicted octanol–water partition coefficient (Wildman–Crippen LogP) is 3.41. The van der Waals surface area contributed by atoms with Crippen LogP contribution >= 0.6 is 0 Å². The molecule has 4 rings (SSSR count). The number of ketones is 1. The van der Waals surface area contributed by atoms with Crippen LogP contribution in [0.2, 0.25) is 0 Å². The van der Waals surface area contributed by atoms with Crippen LogP contribution in [0, 0.1) is 28.6 Å². The van der Waals surface area contributed by atoms with Gasteiger partial charge >= 0.3 is 0 Å². The number of carbonyl (C=O) groups excluding carboxylic acids is 1. The maximum Gasteiger partial charge on any atom is 0.156 e. The molecule has 0 aromatic heterocycles. The fourth-order valence-corrected chi connectivity index (χ4v) is 6.69. The van der Waals surface area contributed by atoms with Crippen LogP contribution < -0.4 is 0 Å². The molecule has 0 amide bonds. The third-order valence-electron chi connectivity index (χ3n) is 8.18. The molecule has 24 heavy (non-hydrogen) atoms. The van der Waals surface area contributed by atoms with E-state index in [2.05, 4.69) is 19.9 Å². The van der Waals surface area contributed by atoms with Crippen LogP contribution in [0.5, 0.6) is 0 Å². The molecule has 2 N–H and O–H groups in total. The Morgan fingerprint density at radius 3 is 2.58 bits per heavy atom. The maximum atomic E-state index is 12.1. The predicted molar refractivity (Wildman–Crippen MR) is 93.2 cm³/mol. The van der Waals surface area contributed by atoms with Crippen LogP contribution in [0.4, 0.5) is 0 Å². The normalized spacial score (nSPS) is 50.3. The summed E-state index contributed by atoms with van der Waals surface area (Å²) in [4.78, 5) is 12.1. The minimum Gasteiger partial charge on any atom is -0.393 e. The molecule has 0 saturated heterocycles. The zero-order valence-electron chi connectivity index (χ0n) is 15.1. The summed E-state index contributed by atoms with van der Waals surface area (Å²) in [5, 5.41) is 21.2. The topological polar surface area (TPSA) is 57.5 Å². The second kappa shape index (κ2) is 5.28. The highest BCUT2D eigenvalue weighted by Crippen LogP contribution is 2.65. The van der Waals surface area contributed by atoms with Gasteiger partial charge in [-0.25, -0.2) is 0 Å². The molecule has 4 aliphatic carbocycles. The number of rotatable bonds is 1. The third kappa shape index (κ3) is 2.00. The highest BCUT2D eigenvalue weighted by atomic mass is 16.3. The van der Waals surface area contributed by atoms with Gasteiger partial charge in [0.15, 0.2) is 5.78 Å². The number of aliphatic hydroxyl groups is 2. The molecule has 3 heteroatoms. The Kier molecular flexibility index (Phi) is 3.64. The molecule has 4 aliphatic rings. The molecule has 0 bridgehead atoms. The van der Waals surface area contributed by atoms with Gasteiger partial charge in [-0.1, -0.05) is 24.6 Å². The van der Waals surface area contributed by atoms with Gasteiger partial charge in [-0.05, 0) is 75.5 Å². The van der Waals surface area contributed by atoms with E-state index in [-0.39, 0.29) is 17.3 Å². The van der Waals surface area contributed by atoms with E-state index in [0.29, 0.717) is 17.8 Å². The van der Waals surface area contributed by atoms with Gasteiger partial charge in [0.05, 0.1) is 12.2 Å². The fraction of sp³-hybridized carbons (Fsp3) is 0.762. The van der Waals surface area contributed by atoms with Crippen molar-refractivity contribution in [3.8, 4) is 0 Å². The number of allylic oxidation sites excluding steroid dienone is 2. The largest absolute Gasteiger partial charge is 0.393 e. The molecule has 0 aromatic rings. The van der Waals surface area contributed by atoms with Crippen molar-refractivity contribution in [2.75, 3.05) is 0 Å². The lowest BCUT2D eigenvalue weighted by Crippen LogP contribution is -2.55. The van der Waals surface area contributed by atoms with Gasteiger partial charge in [0.2, 0.25) is 0 Å². The van der Waals surface area contributed by atoms with Crippen molar-refractivity contribution in [1.29, 1.82) is 0 Å². The first-order chi connectivity index (χ1) is 11.3. The molecule has 0 aromatic carbocycles. The minimum atomic E-state index is -0.482. The minimum absolute atomic E-state index is 0.0851. The summed E-state index contributed by atoms with van der Waals surface area (Å²) in [5.41, 5.74) is 1.81. The lowest BCUT2D eigenvalue weighted by molar-refractivity contribution is -0.120. The first kappa shape index (κ1) is 16.5. The molecule has 0 spiro atoms. The number of hydrogen-bond donors (Lipinski definition) is 2. The van der Waals surface area contributed by atoms with Crippen LogP contribution in [0.25, 0.3) is 0 Å². The SMILES string of the molecule is CC(=O)C1=CC=C2[C@@H]3CC[C@H]4C[C@@H](O)CC[C@]4(C)[C@H]3C[C@@H](O)[C@]12C. The van der Waals surface area contributed by atoms with E-state index in [0.717, 1.165) is 44.1 Å². The quantitative estimate of drug-likeness (QED) is 0.775. The highest BCUT2D eigenvalue weighted by Gasteiger charge is 2.59. The lowest BCUT2D eigenvalue weighted by Gasteiger charge is -2.60. The molecular weight excluding hydrogens is 300 g/mol. The molecule has 0 radical (unpaired) electrons. The van der Waals surface area contributed by atoms with Gasteiger partial charge in [-0.15, -0.1) is 0 Å². The Labute approximate surface area is 144 Å². The average Bonchev–Trinajstić information content (AvgIpc) is 2.88. The van der Waals surface area contributed by atoms with E-state index < -0.39 is 11.5 Å². The summed E-state index contributed by atoms with van der Waals surface area (Å²) in [5.74, 6) is 1.60. The van der Waals surface area contributed by atoms with E-state index >= 15 is 0 Å². The molecule has 0 aliphatic heterocycles. The van der Waals surface area contributed by atoms with Crippen molar-refractivity contribution in [3.63, 3.8) is 0 Å². The van der Waals surface area contributed by atoms with Crippen molar-refractivity contribution in [3.05, 3.63) is 23.3 Å². The average molecular weight is 330 g/mol. The molecule has 3 fully saturated rings. The molecular formula is C21H30O3. The Morgan fingerprint density at radius 2 is 1.88 bits per heavy atom. The molecule has 0 heterocycles. The van der Waals surface area contributed by atoms with Crippen molar-refractivity contribution in [2.24, 2.45) is 28.6 Å². The summed E-state index contributed by atoms with van der Waals surface area (Å²) in [6, 6.07) is 0. The first-order valence-electron chi connectivity index (χ1n) is 9.58. The monoisotopic (exact) mass is 330 g/mol. The summed E-state index contributed by atoms with van der Waals surface area (Å²) >= 11 is 0. The van der Waals surface area contributed by atoms with E-state index in [9.17, 15) is 15.0 Å². The number of hydrogen-bond acceptors (Lipinski definition) is 3. The van der Waals surface area contributed by atoms with Crippen LogP contribution in [0.15, 0.2) is 23.3 Å². The highest BCUT2D eigenvalue weighted by molar-refractivity contribution is 5.97. The Hall–Kier alpha value is -0.930. The molecule has 3 saturated carbocycles. The summed E-state index contributed by atoms with van der Waals surface area (Å²) < 4.78 is 0. The Balaban J connectivity index is 1.70. The second-order valence-corrected chi connectivity index (χ2v) is 9.13. The van der Waals surface area contributed by atoms with Crippen LogP contribution in [-0.4, -0.2) is 28.2 Å². The Bertz CT molecular complexity index is 633. The van der Waals surface area contributed by atoms with E-state index in [1.54, 1.807) is 6.92 Å². The van der Waals surface area contributed by atoms with Crippen LogP contribution in [0.3, 0.4) is 0 Å². The van der Waals surface area contributed by atoms with Crippen molar-refractivity contribution in [1.82, 2.24) is 0 Å². The summed E-state index contributed by atoms with van der Waals surface area (Å²) in [6.07, 6.45) is 9.41. The van der Waals surface area contributed by atoms with Crippen molar-refractivity contribution in [2.45, 2.75) is 71.5 Å². The van der Waals surface area contributed by atoms with Crippen LogP contribution in [-0.2, 0) is 4.79 Å². The van der Waals surface area contributed by atoms with Gasteiger partial charge in [-0.3, -0.25) is 4.79 Å². The fourth-order valence-electron chi connectivity index (χ4n) is 6.69. The standard InChI is InChI=1S/C21H30O3/c1-12(22)16-6-7-17-15-5-4-13-10-14(23)8-9-20(13,2)18(15)11-19(24)21(16,17)3/h6-7,13-15,18-19,23-24H,4-5,8-11H2,1-3H3/t13-,14-,15-,18-,19+,20-,21+/m0/s1. The summed E-state index contributed by atoms with van der Waals surface area (Å²) in [6.45, 7) is 6.08. The zero-order valence-corrected chi connectivity index (χ0v) is 15.1. The lowest BCUT2D eigenvalue weighted by atomic mass is 9.45. The number of Topliss-reactive ketones (excluding diaryl/α,β-unsaturated/α-hetero) is 1. The second-order valence-electron chi connectivity index (χ2n) is 9.13. The maximum absolute atomic E-state index is 12.1. The summed E-state index contributed by atoms with van der Waals surface area (Å²) in [7, 11) is 0. The molecule has 3 nitrogen and oxygen atoms in total. The van der Waals surface area contributed by atoms with Crippen LogP contribution in [0.1, 0.15) is 59.3 Å². The molecule has 132 valence electrons. The van der Waals surface area contributed by atoms with Gasteiger partial charge in [-0.2, -0.15) is 0 Å². The van der Waals surface area contributed by atoms with Gasteiger partial charge in [0.1, 0.15) is 0 Å². The number of carbonyl (C=O) groups is 1. The first-order valence-corrected chi connectivity index (χ1v) is 9.58. The number of fused-ring (bicyclic) bond motifs is 5. The molecule has 7 atom stereocenters. The van der Waals surface area contributed by atoms with Gasteiger partial charge in [0, 0.05) is 11.0 Å². The van der Waals surface area contributed by atoms with E-state index in [4.69, 9.17) is 0 Å². The third-order valence-corrected chi connectivity index (χ3v) is 8.18. The van der Waals surface area contributed by atoms with E-state index in [1.807, 2.05) is 6.08 Å². The smallest absolute Gasteiger partial charge is 0.156 e.